The first-order valence-corrected chi connectivity index (χ1v) is 3.43. The highest BCUT2D eigenvalue weighted by Crippen LogP contribution is 2.15. The van der Waals surface area contributed by atoms with Gasteiger partial charge in [0.15, 0.2) is 0 Å². The predicted octanol–water partition coefficient (Wildman–Crippen LogP) is 1.01. The SMILES string of the molecule is N#Cc1cc(O)ccc1CC=O. The van der Waals surface area contributed by atoms with Gasteiger partial charge in [0.05, 0.1) is 11.6 Å². The van der Waals surface area contributed by atoms with Crippen molar-refractivity contribution in [1.29, 1.82) is 5.26 Å². The zero-order valence-corrected chi connectivity index (χ0v) is 6.32. The summed E-state index contributed by atoms with van der Waals surface area (Å²) in [5, 5.41) is 17.6. The molecule has 60 valence electrons. The molecule has 1 aromatic carbocycles. The second-order valence-electron chi connectivity index (χ2n) is 2.32. The molecule has 0 aliphatic carbocycles. The van der Waals surface area contributed by atoms with E-state index in [1.165, 1.54) is 12.1 Å². The Balaban J connectivity index is 3.12. The van der Waals surface area contributed by atoms with Gasteiger partial charge in [0.1, 0.15) is 12.0 Å². The molecule has 0 heterocycles. The van der Waals surface area contributed by atoms with Gasteiger partial charge < -0.3 is 9.90 Å². The van der Waals surface area contributed by atoms with Crippen LogP contribution < -0.4 is 0 Å². The molecule has 0 saturated carbocycles. The van der Waals surface area contributed by atoms with Crippen molar-refractivity contribution < 1.29 is 9.90 Å². The van der Waals surface area contributed by atoms with E-state index in [0.29, 0.717) is 11.1 Å². The third-order valence-corrected chi connectivity index (χ3v) is 1.52. The molecule has 1 rings (SSSR count). The van der Waals surface area contributed by atoms with E-state index in [1.54, 1.807) is 6.07 Å². The lowest BCUT2D eigenvalue weighted by molar-refractivity contribution is -0.107. The number of aromatic hydroxyl groups is 1. The van der Waals surface area contributed by atoms with E-state index in [4.69, 9.17) is 10.4 Å². The van der Waals surface area contributed by atoms with Crippen molar-refractivity contribution in [3.63, 3.8) is 0 Å². The predicted molar refractivity (Wildman–Crippen MR) is 42.6 cm³/mol. The van der Waals surface area contributed by atoms with Crippen molar-refractivity contribution in [2.45, 2.75) is 6.42 Å². The Kier molecular flexibility index (Phi) is 2.44. The average molecular weight is 161 g/mol. The third kappa shape index (κ3) is 1.61. The molecule has 0 saturated heterocycles. The molecule has 0 radical (unpaired) electrons. The maximum Gasteiger partial charge on any atom is 0.124 e. The Morgan fingerprint density at radius 2 is 2.33 bits per heavy atom. The van der Waals surface area contributed by atoms with Crippen LogP contribution in [0.1, 0.15) is 11.1 Å². The largest absolute Gasteiger partial charge is 0.508 e. The molecule has 0 bridgehead atoms. The molecule has 1 aromatic rings. The quantitative estimate of drug-likeness (QED) is 0.658. The number of hydrogen-bond acceptors (Lipinski definition) is 3. The zero-order valence-electron chi connectivity index (χ0n) is 6.32. The summed E-state index contributed by atoms with van der Waals surface area (Å²) in [7, 11) is 0. The molecular formula is C9H7NO2. The van der Waals surface area contributed by atoms with E-state index in [-0.39, 0.29) is 12.2 Å². The Bertz CT molecular complexity index is 339. The Hall–Kier alpha value is -1.82. The van der Waals surface area contributed by atoms with Crippen molar-refractivity contribution in [1.82, 2.24) is 0 Å². The molecular weight excluding hydrogens is 154 g/mol. The molecule has 0 fully saturated rings. The maximum atomic E-state index is 10.2. The number of nitrogens with zero attached hydrogens (tertiary/aromatic N) is 1. The van der Waals surface area contributed by atoms with Crippen LogP contribution in [0.25, 0.3) is 0 Å². The van der Waals surface area contributed by atoms with Crippen LogP contribution in [0.3, 0.4) is 0 Å². The molecule has 0 atom stereocenters. The number of nitriles is 1. The highest BCUT2D eigenvalue weighted by molar-refractivity contribution is 5.58. The fourth-order valence-corrected chi connectivity index (χ4v) is 0.936. The fraction of sp³-hybridized carbons (Fsp3) is 0.111. The number of phenols is 1. The van der Waals surface area contributed by atoms with Crippen molar-refractivity contribution in [2.24, 2.45) is 0 Å². The first-order chi connectivity index (χ1) is 5.77. The number of carbonyl (C=O) groups is 1. The molecule has 0 unspecified atom stereocenters. The van der Waals surface area contributed by atoms with E-state index in [2.05, 4.69) is 0 Å². The lowest BCUT2D eigenvalue weighted by atomic mass is 10.1. The Labute approximate surface area is 69.9 Å². The minimum absolute atomic E-state index is 0.0428. The van der Waals surface area contributed by atoms with Gasteiger partial charge in [-0.2, -0.15) is 5.26 Å². The summed E-state index contributed by atoms with van der Waals surface area (Å²) >= 11 is 0. The fourth-order valence-electron chi connectivity index (χ4n) is 0.936. The van der Waals surface area contributed by atoms with Crippen LogP contribution in [-0.4, -0.2) is 11.4 Å². The van der Waals surface area contributed by atoms with Gasteiger partial charge >= 0.3 is 0 Å². The van der Waals surface area contributed by atoms with Crippen LogP contribution in [-0.2, 0) is 11.2 Å². The second kappa shape index (κ2) is 3.54. The van der Waals surface area contributed by atoms with Gasteiger partial charge in [-0.15, -0.1) is 0 Å². The Morgan fingerprint density at radius 3 is 2.92 bits per heavy atom. The monoisotopic (exact) mass is 161 g/mol. The lowest BCUT2D eigenvalue weighted by Crippen LogP contribution is -1.90. The van der Waals surface area contributed by atoms with E-state index in [9.17, 15) is 4.79 Å². The van der Waals surface area contributed by atoms with E-state index < -0.39 is 0 Å². The van der Waals surface area contributed by atoms with Crippen LogP contribution in [0.2, 0.25) is 0 Å². The number of carbonyl (C=O) groups excluding carboxylic acids is 1. The summed E-state index contributed by atoms with van der Waals surface area (Å²) < 4.78 is 0. The normalized spacial score (nSPS) is 8.92. The highest BCUT2D eigenvalue weighted by Gasteiger charge is 2.01. The van der Waals surface area contributed by atoms with Gasteiger partial charge in [-0.05, 0) is 17.7 Å². The Morgan fingerprint density at radius 1 is 1.58 bits per heavy atom. The van der Waals surface area contributed by atoms with Gasteiger partial charge in [0.2, 0.25) is 0 Å². The van der Waals surface area contributed by atoms with Crippen LogP contribution in [0.5, 0.6) is 5.75 Å². The van der Waals surface area contributed by atoms with Crippen LogP contribution in [0.4, 0.5) is 0 Å². The maximum absolute atomic E-state index is 10.2. The average Bonchev–Trinajstić information content (AvgIpc) is 2.08. The molecule has 0 spiro atoms. The number of rotatable bonds is 2. The topological polar surface area (TPSA) is 61.1 Å². The minimum Gasteiger partial charge on any atom is -0.508 e. The van der Waals surface area contributed by atoms with Crippen LogP contribution >= 0.6 is 0 Å². The van der Waals surface area contributed by atoms with Crippen molar-refractivity contribution in [3.8, 4) is 11.8 Å². The van der Waals surface area contributed by atoms with Gasteiger partial charge in [-0.3, -0.25) is 0 Å². The number of phenolic OH excluding ortho intramolecular Hbond substituents is 1. The molecule has 0 aliphatic rings. The first kappa shape index (κ1) is 8.28. The summed E-state index contributed by atoms with van der Waals surface area (Å²) in [6, 6.07) is 6.28. The van der Waals surface area contributed by atoms with E-state index in [0.717, 1.165) is 6.29 Å². The highest BCUT2D eigenvalue weighted by atomic mass is 16.3. The van der Waals surface area contributed by atoms with Crippen molar-refractivity contribution >= 4 is 6.29 Å². The smallest absolute Gasteiger partial charge is 0.124 e. The number of benzene rings is 1. The lowest BCUT2D eigenvalue weighted by Gasteiger charge is -1.98. The van der Waals surface area contributed by atoms with Crippen LogP contribution in [0.15, 0.2) is 18.2 Å². The molecule has 3 nitrogen and oxygen atoms in total. The summed E-state index contributed by atoms with van der Waals surface area (Å²) in [5.74, 6) is 0.0428. The molecule has 0 aliphatic heterocycles. The first-order valence-electron chi connectivity index (χ1n) is 3.43. The summed E-state index contributed by atoms with van der Waals surface area (Å²) in [5.41, 5.74) is 0.993. The van der Waals surface area contributed by atoms with Crippen molar-refractivity contribution in [2.75, 3.05) is 0 Å². The zero-order chi connectivity index (χ0) is 8.97. The van der Waals surface area contributed by atoms with Gasteiger partial charge in [-0.25, -0.2) is 0 Å². The molecule has 3 heteroatoms. The van der Waals surface area contributed by atoms with E-state index >= 15 is 0 Å². The molecule has 0 amide bonds. The third-order valence-electron chi connectivity index (χ3n) is 1.52. The minimum atomic E-state index is 0.0428. The summed E-state index contributed by atoms with van der Waals surface area (Å²) in [6.45, 7) is 0. The molecule has 0 aromatic heterocycles. The standard InChI is InChI=1S/C9H7NO2/c10-6-8-5-9(12)2-1-7(8)3-4-11/h1-2,4-5,12H,3H2. The molecule has 1 N–H and O–H groups in total. The summed E-state index contributed by atoms with van der Waals surface area (Å²) in [6.07, 6.45) is 0.941. The van der Waals surface area contributed by atoms with Crippen LogP contribution in [0, 0.1) is 11.3 Å². The van der Waals surface area contributed by atoms with Gasteiger partial charge in [0, 0.05) is 6.42 Å². The second-order valence-corrected chi connectivity index (χ2v) is 2.32. The summed E-state index contributed by atoms with van der Waals surface area (Å²) in [4.78, 5) is 10.2. The van der Waals surface area contributed by atoms with Crippen molar-refractivity contribution in [3.05, 3.63) is 29.3 Å². The number of hydrogen-bond donors (Lipinski definition) is 1. The van der Waals surface area contributed by atoms with Gasteiger partial charge in [-0.1, -0.05) is 6.07 Å². The van der Waals surface area contributed by atoms with E-state index in [1.807, 2.05) is 6.07 Å². The number of aldehydes is 1. The molecule has 12 heavy (non-hydrogen) atoms. The van der Waals surface area contributed by atoms with Gasteiger partial charge in [0.25, 0.3) is 0 Å².